The number of carbonyl (C=O) groups is 1. The number of hydrogen-bond donors (Lipinski definition) is 1. The van der Waals surface area contributed by atoms with Crippen molar-refractivity contribution in [1.82, 2.24) is 4.98 Å². The number of fused-ring (bicyclic) bond motifs is 2. The fourth-order valence-electron chi connectivity index (χ4n) is 5.25. The van der Waals surface area contributed by atoms with Gasteiger partial charge in [0.2, 0.25) is 5.88 Å². The Morgan fingerprint density at radius 1 is 1.08 bits per heavy atom. The lowest BCUT2D eigenvalue weighted by Gasteiger charge is -2.38. The first-order valence-corrected chi connectivity index (χ1v) is 12.6. The van der Waals surface area contributed by atoms with Crippen molar-refractivity contribution >= 4 is 46.2 Å². The van der Waals surface area contributed by atoms with Crippen molar-refractivity contribution in [3.05, 3.63) is 98.9 Å². The number of carbonyl (C=O) groups excluding carboxylic acids is 1. The van der Waals surface area contributed by atoms with Gasteiger partial charge in [-0.25, -0.2) is 9.98 Å². The number of aryl methyl sites for hydroxylation is 1. The van der Waals surface area contributed by atoms with Gasteiger partial charge in [-0.15, -0.1) is 0 Å². The highest BCUT2D eigenvalue weighted by atomic mass is 35.5. The number of benzene rings is 2. The van der Waals surface area contributed by atoms with Gasteiger partial charge in [-0.1, -0.05) is 41.9 Å². The maximum absolute atomic E-state index is 14.4. The van der Waals surface area contributed by atoms with Crippen LogP contribution in [0.3, 0.4) is 0 Å². The molecule has 2 aliphatic heterocycles. The summed E-state index contributed by atoms with van der Waals surface area (Å²) in [5.74, 6) is 0.642. The summed E-state index contributed by atoms with van der Waals surface area (Å²) in [4.78, 5) is 25.2. The lowest BCUT2D eigenvalue weighted by atomic mass is 9.82. The van der Waals surface area contributed by atoms with Gasteiger partial charge in [0, 0.05) is 44.3 Å². The maximum atomic E-state index is 14.4. The van der Waals surface area contributed by atoms with Crippen molar-refractivity contribution in [2.45, 2.75) is 26.3 Å². The molecule has 38 heavy (non-hydrogen) atoms. The van der Waals surface area contributed by atoms with Crippen LogP contribution < -0.4 is 19.7 Å². The zero-order valence-electron chi connectivity index (χ0n) is 21.6. The topological polar surface area (TPSA) is 76.0 Å². The predicted molar refractivity (Wildman–Crippen MR) is 152 cm³/mol. The third-order valence-corrected chi connectivity index (χ3v) is 7.56. The van der Waals surface area contributed by atoms with Crippen LogP contribution in [0, 0.1) is 6.92 Å². The van der Waals surface area contributed by atoms with Gasteiger partial charge >= 0.3 is 0 Å². The zero-order valence-corrected chi connectivity index (χ0v) is 23.2. The van der Waals surface area contributed by atoms with Gasteiger partial charge in [-0.05, 0) is 56.2 Å². The molecule has 0 fully saturated rings. The van der Waals surface area contributed by atoms with Gasteiger partial charge in [0.15, 0.2) is 0 Å². The van der Waals surface area contributed by atoms with Gasteiger partial charge in [-0.2, -0.15) is 0 Å². The first kappa shape index (κ1) is 25.8. The third-order valence-electron chi connectivity index (χ3n) is 7.09. The molecule has 0 bridgehead atoms. The molecular formula is C29H26Cl2N4O3. The second-order valence-corrected chi connectivity index (χ2v) is 10.0. The summed E-state index contributed by atoms with van der Waals surface area (Å²) >= 11 is 12.7. The molecule has 0 saturated carbocycles. The van der Waals surface area contributed by atoms with E-state index in [4.69, 9.17) is 37.7 Å². The normalized spacial score (nSPS) is 18.8. The molecule has 3 aromatic rings. The van der Waals surface area contributed by atoms with E-state index in [1.165, 1.54) is 7.11 Å². The van der Waals surface area contributed by atoms with Crippen LogP contribution in [0.25, 0.3) is 0 Å². The van der Waals surface area contributed by atoms with Crippen molar-refractivity contribution < 1.29 is 14.3 Å². The Hall–Kier alpha value is -3.81. The Kier molecular flexibility index (Phi) is 6.45. The smallest absolute Gasteiger partial charge is 0.278 e. The Labute approximate surface area is 231 Å². The summed E-state index contributed by atoms with van der Waals surface area (Å²) in [7, 11) is 3.09. The second kappa shape index (κ2) is 9.49. The van der Waals surface area contributed by atoms with Crippen molar-refractivity contribution in [2.24, 2.45) is 4.99 Å². The molecule has 1 N–H and O–H groups in total. The van der Waals surface area contributed by atoms with Crippen LogP contribution in [0.5, 0.6) is 11.6 Å². The van der Waals surface area contributed by atoms with Crippen LogP contribution in [-0.4, -0.2) is 30.8 Å². The molecule has 194 valence electrons. The summed E-state index contributed by atoms with van der Waals surface area (Å²) < 4.78 is 10.8. The molecule has 7 nitrogen and oxygen atoms in total. The highest BCUT2D eigenvalue weighted by Crippen LogP contribution is 2.57. The minimum absolute atomic E-state index is 0.280. The molecule has 0 saturated heterocycles. The molecule has 2 aliphatic rings. The fraction of sp³-hybridized carbons (Fsp3) is 0.207. The maximum Gasteiger partial charge on any atom is 0.278 e. The molecule has 1 aromatic heterocycles. The molecule has 1 spiro atoms. The number of rotatable bonds is 5. The molecule has 0 aliphatic carbocycles. The minimum atomic E-state index is -1.04. The molecule has 3 heterocycles. The molecular weight excluding hydrogens is 523 g/mol. The van der Waals surface area contributed by atoms with Gasteiger partial charge < -0.3 is 14.8 Å². The number of aliphatic imine (C=N–C) groups is 1. The largest absolute Gasteiger partial charge is 0.494 e. The molecule has 9 heteroatoms. The van der Waals surface area contributed by atoms with Gasteiger partial charge in [0.1, 0.15) is 17.0 Å². The first-order valence-electron chi connectivity index (χ1n) is 11.9. The molecule has 1 amide bonds. The Morgan fingerprint density at radius 2 is 1.79 bits per heavy atom. The fourth-order valence-corrected chi connectivity index (χ4v) is 5.58. The second-order valence-electron chi connectivity index (χ2n) is 9.17. The number of ether oxygens (including phenoxy) is 2. The number of aromatic nitrogens is 1. The quantitative estimate of drug-likeness (QED) is 0.360. The van der Waals surface area contributed by atoms with E-state index in [0.717, 1.165) is 22.4 Å². The van der Waals surface area contributed by atoms with Crippen LogP contribution in [0.1, 0.15) is 30.5 Å². The predicted octanol–water partition coefficient (Wildman–Crippen LogP) is 6.68. The third kappa shape index (κ3) is 3.77. The van der Waals surface area contributed by atoms with E-state index < -0.39 is 5.54 Å². The van der Waals surface area contributed by atoms with Crippen LogP contribution in [0.4, 0.5) is 11.4 Å². The van der Waals surface area contributed by atoms with Gasteiger partial charge in [0.05, 0.1) is 26.1 Å². The Bertz CT molecular complexity index is 1580. The van der Waals surface area contributed by atoms with E-state index in [0.29, 0.717) is 50.0 Å². The zero-order chi connectivity index (χ0) is 27.4. The van der Waals surface area contributed by atoms with Crippen molar-refractivity contribution in [3.63, 3.8) is 0 Å². The summed E-state index contributed by atoms with van der Waals surface area (Å²) in [6.07, 6.45) is 1.57. The molecule has 1 atom stereocenters. The van der Waals surface area contributed by atoms with E-state index in [-0.39, 0.29) is 5.91 Å². The minimum Gasteiger partial charge on any atom is -0.494 e. The van der Waals surface area contributed by atoms with Crippen molar-refractivity contribution in [2.75, 3.05) is 24.4 Å². The van der Waals surface area contributed by atoms with Crippen LogP contribution >= 0.6 is 23.2 Å². The number of hydrogen-bond acceptors (Lipinski definition) is 6. The Balaban J connectivity index is 1.78. The number of nitrogens with one attached hydrogen (secondary N) is 1. The highest BCUT2D eigenvalue weighted by molar-refractivity contribution is 6.31. The lowest BCUT2D eigenvalue weighted by molar-refractivity contribution is -0.115. The van der Waals surface area contributed by atoms with Crippen LogP contribution in [0.2, 0.25) is 10.0 Å². The van der Waals surface area contributed by atoms with E-state index in [9.17, 15) is 4.79 Å². The number of nitrogens with zero attached hydrogens (tertiary/aromatic N) is 3. The van der Waals surface area contributed by atoms with Crippen LogP contribution in [0.15, 0.2) is 77.2 Å². The van der Waals surface area contributed by atoms with E-state index in [2.05, 4.69) is 16.9 Å². The Morgan fingerprint density at radius 3 is 2.50 bits per heavy atom. The molecule has 0 radical (unpaired) electrons. The number of halogens is 2. The van der Waals surface area contributed by atoms with Gasteiger partial charge in [0.25, 0.3) is 5.91 Å². The van der Waals surface area contributed by atoms with E-state index in [1.54, 1.807) is 36.4 Å². The number of pyridine rings is 1. The molecule has 5 rings (SSSR count). The molecule has 1 unspecified atom stereocenters. The van der Waals surface area contributed by atoms with E-state index >= 15 is 0 Å². The highest BCUT2D eigenvalue weighted by Gasteiger charge is 2.57. The summed E-state index contributed by atoms with van der Waals surface area (Å²) in [5.41, 5.74) is 5.01. The van der Waals surface area contributed by atoms with Gasteiger partial charge in [-0.3, -0.25) is 9.69 Å². The monoisotopic (exact) mass is 548 g/mol. The summed E-state index contributed by atoms with van der Waals surface area (Å²) in [6.45, 7) is 10.0. The summed E-state index contributed by atoms with van der Waals surface area (Å²) in [6, 6.07) is 12.8. The van der Waals surface area contributed by atoms with Crippen molar-refractivity contribution in [3.8, 4) is 11.6 Å². The SMILES string of the molecule is C=C1Nc2cc(Cl)ccc2C12C(C)=C(/N=C(\C)c1cc(OC)ncc1OC)C(=O)N2c1cc(Cl)ccc1C. The lowest BCUT2D eigenvalue weighted by Crippen LogP contribution is -2.46. The standard InChI is InChI=1S/C29H26Cl2N4O3/c1-15-7-8-20(31)12-24(15)35-28(36)27(33-17(3)21-13-26(38-6)32-14-25(21)37-5)16(2)29(35)18(4)34-23-11-19(30)9-10-22(23)29/h7-14,34H,4H2,1-3,5-6H3/b33-17+. The summed E-state index contributed by atoms with van der Waals surface area (Å²) in [5, 5.41) is 4.45. The number of anilines is 2. The van der Waals surface area contributed by atoms with Crippen molar-refractivity contribution in [1.29, 1.82) is 0 Å². The number of methoxy groups -OCH3 is 2. The molecule has 2 aromatic carbocycles. The average Bonchev–Trinajstić information content (AvgIpc) is 3.30. The number of amides is 1. The van der Waals surface area contributed by atoms with Crippen LogP contribution in [-0.2, 0) is 10.3 Å². The van der Waals surface area contributed by atoms with E-state index in [1.807, 2.05) is 45.0 Å². The average molecular weight is 549 g/mol. The first-order chi connectivity index (χ1) is 18.1.